The zero-order valence-electron chi connectivity index (χ0n) is 17.1. The van der Waals surface area contributed by atoms with Crippen LogP contribution in [0.2, 0.25) is 0 Å². The van der Waals surface area contributed by atoms with E-state index in [0.717, 1.165) is 48.6 Å². The van der Waals surface area contributed by atoms with Crippen LogP contribution in [0.5, 0.6) is 17.2 Å². The highest BCUT2D eigenvalue weighted by Crippen LogP contribution is 2.38. The molecule has 1 atom stereocenters. The lowest BCUT2D eigenvalue weighted by molar-refractivity contribution is 0.200. The average Bonchev–Trinajstić information content (AvgIpc) is 3.41. The topological polar surface area (TPSA) is 55.5 Å². The number of rotatable bonds is 5. The quantitative estimate of drug-likeness (QED) is 0.658. The summed E-state index contributed by atoms with van der Waals surface area (Å²) in [6, 6.07) is 12.7. The third-order valence-corrected chi connectivity index (χ3v) is 6.28. The van der Waals surface area contributed by atoms with Crippen LogP contribution in [-0.4, -0.2) is 31.9 Å². The van der Waals surface area contributed by atoms with Crippen LogP contribution in [0.4, 0.5) is 0 Å². The second kappa shape index (κ2) is 7.64. The molecule has 2 aromatic carbocycles. The lowest BCUT2D eigenvalue weighted by atomic mass is 9.94. The molecule has 2 aliphatic rings. The first kappa shape index (κ1) is 18.4. The van der Waals surface area contributed by atoms with Crippen molar-refractivity contribution in [1.29, 1.82) is 0 Å². The number of nitrogens with one attached hydrogen (secondary N) is 2. The fourth-order valence-electron chi connectivity index (χ4n) is 4.77. The van der Waals surface area contributed by atoms with E-state index in [9.17, 15) is 0 Å². The second-order valence-corrected chi connectivity index (χ2v) is 8.00. The Bertz CT molecular complexity index is 1020. The van der Waals surface area contributed by atoms with Gasteiger partial charge in [0.15, 0.2) is 11.5 Å². The van der Waals surface area contributed by atoms with E-state index < -0.39 is 0 Å². The third kappa shape index (κ3) is 3.33. The molecule has 0 unspecified atom stereocenters. The molecule has 5 rings (SSSR count). The minimum absolute atomic E-state index is 0.103. The number of methoxy groups -OCH3 is 2. The van der Waals surface area contributed by atoms with Crippen molar-refractivity contribution in [1.82, 2.24) is 10.3 Å². The molecule has 29 heavy (non-hydrogen) atoms. The molecule has 152 valence electrons. The molecule has 0 bridgehead atoms. The number of fused-ring (bicyclic) bond motifs is 3. The van der Waals surface area contributed by atoms with Gasteiger partial charge in [0, 0.05) is 23.1 Å². The predicted molar refractivity (Wildman–Crippen MR) is 114 cm³/mol. The van der Waals surface area contributed by atoms with Gasteiger partial charge < -0.3 is 24.5 Å². The Kier molecular flexibility index (Phi) is 4.84. The summed E-state index contributed by atoms with van der Waals surface area (Å²) in [4.78, 5) is 3.64. The van der Waals surface area contributed by atoms with E-state index in [2.05, 4.69) is 40.6 Å². The molecule has 1 aliphatic carbocycles. The van der Waals surface area contributed by atoms with Gasteiger partial charge in [-0.05, 0) is 73.6 Å². The minimum atomic E-state index is 0.103. The van der Waals surface area contributed by atoms with Crippen LogP contribution in [0.1, 0.15) is 48.5 Å². The van der Waals surface area contributed by atoms with Gasteiger partial charge >= 0.3 is 0 Å². The van der Waals surface area contributed by atoms with E-state index in [0.29, 0.717) is 6.10 Å². The van der Waals surface area contributed by atoms with Crippen LogP contribution in [0, 0.1) is 0 Å². The summed E-state index contributed by atoms with van der Waals surface area (Å²) in [7, 11) is 3.43. The summed E-state index contributed by atoms with van der Waals surface area (Å²) in [5.74, 6) is 2.55. The maximum atomic E-state index is 6.22. The van der Waals surface area contributed by atoms with Crippen molar-refractivity contribution in [3.63, 3.8) is 0 Å². The Balaban J connectivity index is 1.50. The molecule has 5 nitrogen and oxygen atoms in total. The Hall–Kier alpha value is -2.66. The average molecular weight is 392 g/mol. The summed E-state index contributed by atoms with van der Waals surface area (Å²) in [5.41, 5.74) is 4.93. The molecular weight excluding hydrogens is 364 g/mol. The van der Waals surface area contributed by atoms with Crippen molar-refractivity contribution in [2.24, 2.45) is 0 Å². The molecular formula is C24H28N2O3. The molecule has 0 radical (unpaired) electrons. The first-order valence-corrected chi connectivity index (χ1v) is 10.5. The van der Waals surface area contributed by atoms with Crippen molar-refractivity contribution >= 4 is 10.9 Å². The molecule has 2 N–H and O–H groups in total. The number of H-pyrrole nitrogens is 1. The Morgan fingerprint density at radius 1 is 0.931 bits per heavy atom. The van der Waals surface area contributed by atoms with Crippen LogP contribution >= 0.6 is 0 Å². The highest BCUT2D eigenvalue weighted by molar-refractivity contribution is 5.86. The Labute approximate surface area is 171 Å². The molecule has 0 saturated heterocycles. The fraction of sp³-hybridized carbons (Fsp3) is 0.417. The SMILES string of the molecule is COc1ccc2[nH]c3c(c2c1)CCN[C@H]3c1ccc(OC2CCCC2)c(OC)c1. The highest BCUT2D eigenvalue weighted by atomic mass is 16.5. The van der Waals surface area contributed by atoms with E-state index in [1.165, 1.54) is 35.0 Å². The van der Waals surface area contributed by atoms with E-state index in [4.69, 9.17) is 14.2 Å². The molecule has 3 aromatic rings. The van der Waals surface area contributed by atoms with Crippen molar-refractivity contribution in [3.05, 3.63) is 53.2 Å². The third-order valence-electron chi connectivity index (χ3n) is 6.28. The van der Waals surface area contributed by atoms with Gasteiger partial charge in [-0.2, -0.15) is 0 Å². The van der Waals surface area contributed by atoms with Crippen LogP contribution < -0.4 is 19.5 Å². The normalized spacial score (nSPS) is 19.3. The predicted octanol–water partition coefficient (Wildman–Crippen LogP) is 4.74. The molecule has 5 heteroatoms. The monoisotopic (exact) mass is 392 g/mol. The van der Waals surface area contributed by atoms with Crippen LogP contribution in [0.25, 0.3) is 10.9 Å². The zero-order chi connectivity index (χ0) is 19.8. The van der Waals surface area contributed by atoms with E-state index in [1.807, 2.05) is 6.07 Å². The number of ether oxygens (including phenoxy) is 3. The smallest absolute Gasteiger partial charge is 0.161 e. The van der Waals surface area contributed by atoms with Crippen LogP contribution in [0.3, 0.4) is 0 Å². The van der Waals surface area contributed by atoms with Gasteiger partial charge in [-0.15, -0.1) is 0 Å². The molecule has 0 spiro atoms. The zero-order valence-corrected chi connectivity index (χ0v) is 17.1. The molecule has 1 aromatic heterocycles. The van der Waals surface area contributed by atoms with Gasteiger partial charge in [0.1, 0.15) is 5.75 Å². The van der Waals surface area contributed by atoms with Crippen molar-refractivity contribution in [2.75, 3.05) is 20.8 Å². The highest BCUT2D eigenvalue weighted by Gasteiger charge is 2.27. The lowest BCUT2D eigenvalue weighted by Gasteiger charge is -2.26. The maximum absolute atomic E-state index is 6.22. The first-order chi connectivity index (χ1) is 14.3. The largest absolute Gasteiger partial charge is 0.497 e. The lowest BCUT2D eigenvalue weighted by Crippen LogP contribution is -2.30. The summed E-state index contributed by atoms with van der Waals surface area (Å²) in [6.07, 6.45) is 6.10. The maximum Gasteiger partial charge on any atom is 0.161 e. The van der Waals surface area contributed by atoms with Gasteiger partial charge in [-0.1, -0.05) is 6.07 Å². The number of hydrogen-bond donors (Lipinski definition) is 2. The van der Waals surface area contributed by atoms with Gasteiger partial charge in [0.2, 0.25) is 0 Å². The standard InChI is InChI=1S/C24H28N2O3/c1-27-17-8-9-20-19(14-17)18-11-12-25-23(24(18)26-20)15-7-10-21(22(13-15)28-2)29-16-5-3-4-6-16/h7-10,13-14,16,23,25-26H,3-6,11-12H2,1-2H3/t23-/m0/s1. The molecule has 1 aliphatic heterocycles. The summed E-state index contributed by atoms with van der Waals surface area (Å²) < 4.78 is 17.3. The molecule has 0 amide bonds. The first-order valence-electron chi connectivity index (χ1n) is 10.5. The van der Waals surface area contributed by atoms with Crippen molar-refractivity contribution in [2.45, 2.75) is 44.2 Å². The van der Waals surface area contributed by atoms with Crippen molar-refractivity contribution in [3.8, 4) is 17.2 Å². The number of hydrogen-bond acceptors (Lipinski definition) is 4. The second-order valence-electron chi connectivity index (χ2n) is 8.00. The fourth-order valence-corrected chi connectivity index (χ4v) is 4.77. The van der Waals surface area contributed by atoms with Crippen LogP contribution in [-0.2, 0) is 6.42 Å². The van der Waals surface area contributed by atoms with E-state index in [-0.39, 0.29) is 6.04 Å². The molecule has 1 saturated carbocycles. The Morgan fingerprint density at radius 3 is 2.59 bits per heavy atom. The number of benzene rings is 2. The summed E-state index contributed by atoms with van der Waals surface area (Å²) >= 11 is 0. The van der Waals surface area contributed by atoms with Gasteiger partial charge in [-0.25, -0.2) is 0 Å². The van der Waals surface area contributed by atoms with Gasteiger partial charge in [0.05, 0.1) is 26.4 Å². The number of aromatic nitrogens is 1. The minimum Gasteiger partial charge on any atom is -0.497 e. The van der Waals surface area contributed by atoms with Gasteiger partial charge in [-0.3, -0.25) is 0 Å². The number of aromatic amines is 1. The summed E-state index contributed by atoms with van der Waals surface area (Å²) in [5, 5.41) is 4.92. The van der Waals surface area contributed by atoms with Crippen molar-refractivity contribution < 1.29 is 14.2 Å². The van der Waals surface area contributed by atoms with E-state index >= 15 is 0 Å². The molecule has 2 heterocycles. The molecule has 1 fully saturated rings. The van der Waals surface area contributed by atoms with Crippen LogP contribution in [0.15, 0.2) is 36.4 Å². The Morgan fingerprint density at radius 2 is 1.79 bits per heavy atom. The van der Waals surface area contributed by atoms with Gasteiger partial charge in [0.25, 0.3) is 0 Å². The summed E-state index contributed by atoms with van der Waals surface area (Å²) in [6.45, 7) is 0.935. The van der Waals surface area contributed by atoms with E-state index in [1.54, 1.807) is 14.2 Å².